The molecule has 2 rings (SSSR count). The highest BCUT2D eigenvalue weighted by atomic mass is 32.2. The monoisotopic (exact) mass is 294 g/mol. The van der Waals surface area contributed by atoms with Gasteiger partial charge in [-0.15, -0.1) is 0 Å². The minimum atomic E-state index is -1.01. The fraction of sp³-hybridized carbons (Fsp3) is 0.429. The van der Waals surface area contributed by atoms with E-state index in [0.29, 0.717) is 12.2 Å². The molecule has 1 aromatic rings. The van der Waals surface area contributed by atoms with Gasteiger partial charge in [-0.2, -0.15) is 11.8 Å². The minimum Gasteiger partial charge on any atom is -0.480 e. The lowest BCUT2D eigenvalue weighted by atomic mass is 10.2. The molecule has 6 heteroatoms. The smallest absolute Gasteiger partial charge is 0.325 e. The molecule has 2 amide bonds. The van der Waals surface area contributed by atoms with Gasteiger partial charge in [0.15, 0.2) is 0 Å². The first-order chi connectivity index (χ1) is 9.59. The molecule has 1 saturated heterocycles. The highest BCUT2D eigenvalue weighted by Crippen LogP contribution is 2.21. The van der Waals surface area contributed by atoms with Gasteiger partial charge in [-0.3, -0.25) is 9.69 Å². The number of hydrogen-bond acceptors (Lipinski definition) is 3. The summed E-state index contributed by atoms with van der Waals surface area (Å²) in [6, 6.07) is 8.84. The Hall–Kier alpha value is -1.69. The Bertz CT molecular complexity index is 481. The summed E-state index contributed by atoms with van der Waals surface area (Å²) in [5, 5.41) is 9.04. The second-order valence-corrected chi connectivity index (χ2v) is 5.87. The number of carbonyl (C=O) groups excluding carboxylic acids is 1. The van der Waals surface area contributed by atoms with E-state index in [1.165, 1.54) is 4.90 Å². The number of aliphatic carboxylic acids is 1. The lowest BCUT2D eigenvalue weighted by Gasteiger charge is -2.36. The molecule has 1 fully saturated rings. The molecule has 1 aromatic carbocycles. The number of anilines is 1. The molecule has 0 radical (unpaired) electrons. The quantitative estimate of drug-likeness (QED) is 0.928. The van der Waals surface area contributed by atoms with Crippen molar-refractivity contribution in [2.75, 3.05) is 29.5 Å². The van der Waals surface area contributed by atoms with Gasteiger partial charge in [0.1, 0.15) is 6.54 Å². The number of rotatable bonds is 3. The molecule has 20 heavy (non-hydrogen) atoms. The van der Waals surface area contributed by atoms with E-state index in [1.807, 2.05) is 24.8 Å². The van der Waals surface area contributed by atoms with E-state index in [4.69, 9.17) is 5.11 Å². The third-order valence-electron chi connectivity index (χ3n) is 3.21. The predicted octanol–water partition coefficient (Wildman–Crippen LogP) is 2.13. The summed E-state index contributed by atoms with van der Waals surface area (Å²) in [6.45, 7) is 2.33. The van der Waals surface area contributed by atoms with Crippen LogP contribution in [0.5, 0.6) is 0 Å². The van der Waals surface area contributed by atoms with E-state index >= 15 is 0 Å². The van der Waals surface area contributed by atoms with Crippen molar-refractivity contribution in [3.8, 4) is 0 Å². The van der Waals surface area contributed by atoms with Gasteiger partial charge in [0.05, 0.1) is 0 Å². The normalized spacial score (nSPS) is 18.6. The second-order valence-electron chi connectivity index (χ2n) is 4.72. The summed E-state index contributed by atoms with van der Waals surface area (Å²) >= 11 is 1.82. The lowest BCUT2D eigenvalue weighted by molar-refractivity contribution is -0.135. The SMILES string of the molecule is CC1CSCCN1C(=O)N(CC(=O)O)c1ccccc1. The van der Waals surface area contributed by atoms with Crippen LogP contribution in [-0.4, -0.2) is 52.6 Å². The molecule has 1 N–H and O–H groups in total. The van der Waals surface area contributed by atoms with Crippen molar-refractivity contribution in [3.05, 3.63) is 30.3 Å². The molecule has 5 nitrogen and oxygen atoms in total. The predicted molar refractivity (Wildman–Crippen MR) is 80.3 cm³/mol. The third-order valence-corrected chi connectivity index (χ3v) is 4.39. The number of nitrogens with zero attached hydrogens (tertiary/aromatic N) is 2. The van der Waals surface area contributed by atoms with Crippen molar-refractivity contribution >= 4 is 29.4 Å². The zero-order valence-electron chi connectivity index (χ0n) is 11.4. The van der Waals surface area contributed by atoms with E-state index in [-0.39, 0.29) is 18.6 Å². The van der Waals surface area contributed by atoms with Crippen LogP contribution in [0.2, 0.25) is 0 Å². The topological polar surface area (TPSA) is 60.9 Å². The van der Waals surface area contributed by atoms with Gasteiger partial charge in [0.25, 0.3) is 0 Å². The van der Waals surface area contributed by atoms with Crippen LogP contribution >= 0.6 is 11.8 Å². The average molecular weight is 294 g/mol. The number of urea groups is 1. The third kappa shape index (κ3) is 3.45. The van der Waals surface area contributed by atoms with Crippen molar-refractivity contribution < 1.29 is 14.7 Å². The summed E-state index contributed by atoms with van der Waals surface area (Å²) in [4.78, 5) is 26.7. The first-order valence-corrected chi connectivity index (χ1v) is 7.68. The Morgan fingerprint density at radius 1 is 1.40 bits per heavy atom. The van der Waals surface area contributed by atoms with Crippen LogP contribution in [0, 0.1) is 0 Å². The Balaban J connectivity index is 2.22. The fourth-order valence-corrected chi connectivity index (χ4v) is 3.19. The summed E-state index contributed by atoms with van der Waals surface area (Å²) in [5.41, 5.74) is 0.616. The largest absolute Gasteiger partial charge is 0.480 e. The van der Waals surface area contributed by atoms with Crippen LogP contribution in [0.25, 0.3) is 0 Å². The van der Waals surface area contributed by atoms with Crippen LogP contribution in [0.4, 0.5) is 10.5 Å². The molecular weight excluding hydrogens is 276 g/mol. The maximum atomic E-state index is 12.6. The van der Waals surface area contributed by atoms with Crippen molar-refractivity contribution in [2.24, 2.45) is 0 Å². The zero-order valence-corrected chi connectivity index (χ0v) is 12.2. The van der Waals surface area contributed by atoms with Gasteiger partial charge in [0, 0.05) is 29.8 Å². The minimum absolute atomic E-state index is 0.126. The summed E-state index contributed by atoms with van der Waals surface area (Å²) in [5.74, 6) is 0.772. The molecular formula is C14H18N2O3S. The number of benzene rings is 1. The van der Waals surface area contributed by atoms with E-state index in [2.05, 4.69) is 0 Å². The molecule has 0 spiro atoms. The molecule has 1 atom stereocenters. The van der Waals surface area contributed by atoms with Crippen LogP contribution in [0.15, 0.2) is 30.3 Å². The maximum absolute atomic E-state index is 12.6. The Labute approximate surface area is 122 Å². The highest BCUT2D eigenvalue weighted by Gasteiger charge is 2.29. The molecule has 0 bridgehead atoms. The molecule has 108 valence electrons. The summed E-state index contributed by atoms with van der Waals surface area (Å²) in [7, 11) is 0. The van der Waals surface area contributed by atoms with Crippen molar-refractivity contribution in [3.63, 3.8) is 0 Å². The Morgan fingerprint density at radius 2 is 2.10 bits per heavy atom. The number of hydrogen-bond donors (Lipinski definition) is 1. The van der Waals surface area contributed by atoms with Crippen LogP contribution in [0.1, 0.15) is 6.92 Å². The van der Waals surface area contributed by atoms with Gasteiger partial charge in [0.2, 0.25) is 0 Å². The van der Waals surface area contributed by atoms with Crippen molar-refractivity contribution in [1.82, 2.24) is 4.90 Å². The van der Waals surface area contributed by atoms with E-state index < -0.39 is 5.97 Å². The number of carboxylic acids is 1. The Kier molecular flexibility index (Phi) is 4.89. The van der Waals surface area contributed by atoms with Crippen molar-refractivity contribution in [1.29, 1.82) is 0 Å². The molecule has 1 heterocycles. The van der Waals surface area contributed by atoms with Crippen LogP contribution in [-0.2, 0) is 4.79 Å². The summed E-state index contributed by atoms with van der Waals surface area (Å²) < 4.78 is 0. The maximum Gasteiger partial charge on any atom is 0.325 e. The van der Waals surface area contributed by atoms with Crippen LogP contribution < -0.4 is 4.90 Å². The molecule has 1 aliphatic heterocycles. The molecule has 1 unspecified atom stereocenters. The molecule has 0 aliphatic carbocycles. The standard InChI is InChI=1S/C14H18N2O3S/c1-11-10-20-8-7-15(11)14(19)16(9-13(17)18)12-5-3-2-4-6-12/h2-6,11H,7-10H2,1H3,(H,17,18). The van der Waals surface area contributed by atoms with Gasteiger partial charge < -0.3 is 10.0 Å². The van der Waals surface area contributed by atoms with Gasteiger partial charge in [-0.1, -0.05) is 18.2 Å². The fourth-order valence-electron chi connectivity index (χ4n) is 2.18. The number of carboxylic acid groups (broad SMARTS) is 1. The van der Waals surface area contributed by atoms with E-state index in [1.54, 1.807) is 29.2 Å². The second kappa shape index (κ2) is 6.65. The van der Waals surface area contributed by atoms with Crippen molar-refractivity contribution in [2.45, 2.75) is 13.0 Å². The van der Waals surface area contributed by atoms with Gasteiger partial charge >= 0.3 is 12.0 Å². The molecule has 0 saturated carbocycles. The molecule has 0 aromatic heterocycles. The molecule has 1 aliphatic rings. The highest BCUT2D eigenvalue weighted by molar-refractivity contribution is 7.99. The zero-order chi connectivity index (χ0) is 14.5. The first-order valence-electron chi connectivity index (χ1n) is 6.52. The van der Waals surface area contributed by atoms with E-state index in [0.717, 1.165) is 11.5 Å². The lowest BCUT2D eigenvalue weighted by Crippen LogP contribution is -2.52. The average Bonchev–Trinajstić information content (AvgIpc) is 2.45. The summed E-state index contributed by atoms with van der Waals surface area (Å²) in [6.07, 6.45) is 0. The Morgan fingerprint density at radius 3 is 2.70 bits per heavy atom. The number of thioether (sulfide) groups is 1. The first kappa shape index (κ1) is 14.7. The number of para-hydroxylation sites is 1. The van der Waals surface area contributed by atoms with Gasteiger partial charge in [-0.25, -0.2) is 4.79 Å². The van der Waals surface area contributed by atoms with Crippen LogP contribution in [0.3, 0.4) is 0 Å². The van der Waals surface area contributed by atoms with Gasteiger partial charge in [-0.05, 0) is 19.1 Å². The van der Waals surface area contributed by atoms with E-state index in [9.17, 15) is 9.59 Å². The number of carbonyl (C=O) groups is 2. The number of amides is 2.